The predicted octanol–water partition coefficient (Wildman–Crippen LogP) is 3.39. The number of likely N-dealkylation sites (N-methyl/N-ethyl adjacent to an activating group) is 1. The van der Waals surface area contributed by atoms with E-state index in [-0.39, 0.29) is 24.6 Å². The van der Waals surface area contributed by atoms with Gasteiger partial charge in [-0.2, -0.15) is 5.10 Å². The van der Waals surface area contributed by atoms with Crippen molar-refractivity contribution in [3.63, 3.8) is 0 Å². The van der Waals surface area contributed by atoms with Gasteiger partial charge in [-0.3, -0.25) is 9.48 Å². The molecule has 35 heavy (non-hydrogen) atoms. The van der Waals surface area contributed by atoms with Gasteiger partial charge in [0.25, 0.3) is 5.91 Å². The number of rotatable bonds is 7. The first kappa shape index (κ1) is 24.0. The lowest BCUT2D eigenvalue weighted by atomic mass is 9.98. The summed E-state index contributed by atoms with van der Waals surface area (Å²) >= 11 is 0. The number of nitrogens with zero attached hydrogens (tertiary/aromatic N) is 3. The van der Waals surface area contributed by atoms with E-state index in [1.165, 1.54) is 31.8 Å². The van der Waals surface area contributed by atoms with Crippen LogP contribution in [0.1, 0.15) is 46.9 Å². The van der Waals surface area contributed by atoms with E-state index in [2.05, 4.69) is 22.5 Å². The summed E-state index contributed by atoms with van der Waals surface area (Å²) in [7, 11) is 3.07. The molecule has 0 aliphatic heterocycles. The highest BCUT2D eigenvalue weighted by molar-refractivity contribution is 5.98. The number of aliphatic carboxylic acids is 1. The Labute approximate surface area is 203 Å². The van der Waals surface area contributed by atoms with Crippen molar-refractivity contribution in [2.75, 3.05) is 13.7 Å². The molecule has 0 unspecified atom stereocenters. The lowest BCUT2D eigenvalue weighted by Crippen LogP contribution is -2.51. The standard InChI is InChI=1S/C26H28N4O5/c1-26(2,24(32)33)29(3)23(31)20-13-28-30(4)22(20)14-27-25(34)35-15-21-18-11-7-5-9-16(18)17-10-6-8-12-19(17)21/h5-13,21H,14-15H2,1-4H3,(H,27,34)(H,32,33). The van der Waals surface area contributed by atoms with Crippen molar-refractivity contribution in [1.29, 1.82) is 0 Å². The number of aryl methyl sites for hydroxylation is 1. The van der Waals surface area contributed by atoms with Crippen LogP contribution in [0.3, 0.4) is 0 Å². The van der Waals surface area contributed by atoms with Crippen LogP contribution in [0.2, 0.25) is 0 Å². The Hall–Kier alpha value is -4.14. The Bertz CT molecular complexity index is 1250. The number of fused-ring (bicyclic) bond motifs is 3. The molecule has 0 bridgehead atoms. The SMILES string of the molecule is CN(C(=O)c1cnn(C)c1CNC(=O)OCC1c2ccccc2-c2ccccc21)C(C)(C)C(=O)O. The van der Waals surface area contributed by atoms with Crippen LogP contribution >= 0.6 is 0 Å². The predicted molar refractivity (Wildman–Crippen MR) is 129 cm³/mol. The molecule has 0 atom stereocenters. The van der Waals surface area contributed by atoms with Crippen molar-refractivity contribution in [1.82, 2.24) is 20.0 Å². The van der Waals surface area contributed by atoms with Gasteiger partial charge in [0.1, 0.15) is 12.1 Å². The second-order valence-corrected chi connectivity index (χ2v) is 9.04. The molecule has 2 N–H and O–H groups in total. The summed E-state index contributed by atoms with van der Waals surface area (Å²) in [6.07, 6.45) is 0.747. The number of hydrogen-bond donors (Lipinski definition) is 2. The maximum atomic E-state index is 13.0. The molecular formula is C26H28N4O5. The molecular weight excluding hydrogens is 448 g/mol. The zero-order chi connectivity index (χ0) is 25.3. The monoisotopic (exact) mass is 476 g/mol. The molecule has 0 saturated heterocycles. The van der Waals surface area contributed by atoms with Crippen LogP contribution in [0.25, 0.3) is 11.1 Å². The molecule has 1 heterocycles. The first-order valence-electron chi connectivity index (χ1n) is 11.2. The number of alkyl carbamates (subject to hydrolysis) is 1. The minimum Gasteiger partial charge on any atom is -0.480 e. The fraction of sp³-hybridized carbons (Fsp3) is 0.308. The van der Waals surface area contributed by atoms with E-state index in [0.717, 1.165) is 27.2 Å². The molecule has 182 valence electrons. The average Bonchev–Trinajstić information content (AvgIpc) is 3.37. The molecule has 0 saturated carbocycles. The van der Waals surface area contributed by atoms with Crippen molar-refractivity contribution in [2.24, 2.45) is 7.05 Å². The zero-order valence-corrected chi connectivity index (χ0v) is 20.1. The second kappa shape index (κ2) is 9.25. The molecule has 2 aromatic carbocycles. The van der Waals surface area contributed by atoms with Gasteiger partial charge in [0.05, 0.1) is 24.0 Å². The first-order chi connectivity index (χ1) is 16.6. The van der Waals surface area contributed by atoms with E-state index < -0.39 is 23.5 Å². The van der Waals surface area contributed by atoms with Gasteiger partial charge in [-0.05, 0) is 36.1 Å². The van der Waals surface area contributed by atoms with E-state index in [4.69, 9.17) is 4.74 Å². The highest BCUT2D eigenvalue weighted by Crippen LogP contribution is 2.44. The summed E-state index contributed by atoms with van der Waals surface area (Å²) in [5, 5.41) is 16.2. The van der Waals surface area contributed by atoms with Gasteiger partial charge >= 0.3 is 12.1 Å². The number of carbonyl (C=O) groups excluding carboxylic acids is 2. The third kappa shape index (κ3) is 4.37. The van der Waals surface area contributed by atoms with Crippen molar-refractivity contribution in [3.8, 4) is 11.1 Å². The van der Waals surface area contributed by atoms with Crippen LogP contribution in [0.4, 0.5) is 4.79 Å². The van der Waals surface area contributed by atoms with E-state index >= 15 is 0 Å². The largest absolute Gasteiger partial charge is 0.480 e. The molecule has 9 nitrogen and oxygen atoms in total. The fourth-order valence-electron chi connectivity index (χ4n) is 4.23. The molecule has 4 rings (SSSR count). The number of amides is 2. The van der Waals surface area contributed by atoms with Gasteiger partial charge in [0.2, 0.25) is 0 Å². The van der Waals surface area contributed by atoms with Crippen LogP contribution in [0.5, 0.6) is 0 Å². The highest BCUT2D eigenvalue weighted by Gasteiger charge is 2.37. The van der Waals surface area contributed by atoms with Crippen molar-refractivity contribution < 1.29 is 24.2 Å². The molecule has 0 fully saturated rings. The number of aromatic nitrogens is 2. The molecule has 9 heteroatoms. The summed E-state index contributed by atoms with van der Waals surface area (Å²) in [5.41, 5.74) is 3.76. The molecule has 1 aliphatic carbocycles. The van der Waals surface area contributed by atoms with Gasteiger partial charge in [-0.1, -0.05) is 48.5 Å². The average molecular weight is 477 g/mol. The number of nitrogens with one attached hydrogen (secondary N) is 1. The minimum atomic E-state index is -1.41. The lowest BCUT2D eigenvalue weighted by Gasteiger charge is -2.31. The Morgan fingerprint density at radius 2 is 1.66 bits per heavy atom. The Balaban J connectivity index is 1.42. The van der Waals surface area contributed by atoms with Gasteiger partial charge in [0, 0.05) is 20.0 Å². The van der Waals surface area contributed by atoms with Gasteiger partial charge in [-0.15, -0.1) is 0 Å². The second-order valence-electron chi connectivity index (χ2n) is 9.04. The Morgan fingerprint density at radius 1 is 1.09 bits per heavy atom. The topological polar surface area (TPSA) is 114 Å². The van der Waals surface area contributed by atoms with Crippen LogP contribution in [-0.2, 0) is 23.1 Å². The number of ether oxygens (including phenoxy) is 1. The highest BCUT2D eigenvalue weighted by atomic mass is 16.5. The normalized spacial score (nSPS) is 12.6. The maximum Gasteiger partial charge on any atom is 0.407 e. The molecule has 0 radical (unpaired) electrons. The number of carboxylic acids is 1. The third-order valence-electron chi connectivity index (χ3n) is 6.70. The van der Waals surface area contributed by atoms with E-state index in [1.807, 2.05) is 36.4 Å². The summed E-state index contributed by atoms with van der Waals surface area (Å²) in [6.45, 7) is 3.05. The molecule has 3 aromatic rings. The smallest absolute Gasteiger partial charge is 0.407 e. The fourth-order valence-corrected chi connectivity index (χ4v) is 4.23. The zero-order valence-electron chi connectivity index (χ0n) is 20.1. The summed E-state index contributed by atoms with van der Waals surface area (Å²) < 4.78 is 7.03. The molecule has 1 aromatic heterocycles. The van der Waals surface area contributed by atoms with Gasteiger partial charge in [0.15, 0.2) is 0 Å². The number of benzene rings is 2. The first-order valence-corrected chi connectivity index (χ1v) is 11.2. The molecule has 0 spiro atoms. The number of carbonyl (C=O) groups is 3. The van der Waals surface area contributed by atoms with Gasteiger partial charge < -0.3 is 20.1 Å². The number of hydrogen-bond acceptors (Lipinski definition) is 5. The maximum absolute atomic E-state index is 13.0. The van der Waals surface area contributed by atoms with Crippen molar-refractivity contribution >= 4 is 18.0 Å². The van der Waals surface area contributed by atoms with E-state index in [0.29, 0.717) is 5.69 Å². The lowest BCUT2D eigenvalue weighted by molar-refractivity contribution is -0.147. The molecule has 1 aliphatic rings. The van der Waals surface area contributed by atoms with E-state index in [9.17, 15) is 19.5 Å². The summed E-state index contributed by atoms with van der Waals surface area (Å²) in [5.74, 6) is -1.70. The quantitative estimate of drug-likeness (QED) is 0.540. The summed E-state index contributed by atoms with van der Waals surface area (Å²) in [6, 6.07) is 16.2. The van der Waals surface area contributed by atoms with Crippen LogP contribution in [0.15, 0.2) is 54.7 Å². The van der Waals surface area contributed by atoms with Crippen LogP contribution < -0.4 is 5.32 Å². The third-order valence-corrected chi connectivity index (χ3v) is 6.70. The minimum absolute atomic E-state index is 0.00438. The number of carboxylic acid groups (broad SMARTS) is 1. The Morgan fingerprint density at radius 3 is 2.23 bits per heavy atom. The van der Waals surface area contributed by atoms with Crippen LogP contribution in [0, 0.1) is 0 Å². The van der Waals surface area contributed by atoms with Crippen molar-refractivity contribution in [2.45, 2.75) is 31.8 Å². The summed E-state index contributed by atoms with van der Waals surface area (Å²) in [4.78, 5) is 38.2. The van der Waals surface area contributed by atoms with E-state index in [1.54, 1.807) is 7.05 Å². The molecule has 2 amide bonds. The van der Waals surface area contributed by atoms with Gasteiger partial charge in [-0.25, -0.2) is 9.59 Å². The van der Waals surface area contributed by atoms with Crippen LogP contribution in [-0.4, -0.2) is 57.0 Å². The van der Waals surface area contributed by atoms with Crippen molar-refractivity contribution in [3.05, 3.63) is 77.1 Å². The Kier molecular flexibility index (Phi) is 6.34.